The first-order valence-electron chi connectivity index (χ1n) is 6.72. The number of anilines is 1. The maximum Gasteiger partial charge on any atom is 0.155 e. The van der Waals surface area contributed by atoms with Gasteiger partial charge >= 0.3 is 0 Å². The molecule has 0 aliphatic rings. The highest BCUT2D eigenvalue weighted by atomic mass is 19.1. The number of ether oxygens (including phenoxy) is 1. The van der Waals surface area contributed by atoms with Gasteiger partial charge in [0.15, 0.2) is 5.82 Å². The Labute approximate surface area is 127 Å². The molecule has 0 bridgehead atoms. The van der Waals surface area contributed by atoms with E-state index in [4.69, 9.17) is 10.5 Å². The monoisotopic (exact) mass is 298 g/mol. The molecular weight excluding hydrogens is 283 g/mol. The summed E-state index contributed by atoms with van der Waals surface area (Å²) in [6, 6.07) is 12.1. The van der Waals surface area contributed by atoms with Crippen LogP contribution in [-0.4, -0.2) is 22.1 Å². The summed E-state index contributed by atoms with van der Waals surface area (Å²) in [5.41, 5.74) is 8.71. The summed E-state index contributed by atoms with van der Waals surface area (Å²) in [7, 11) is 1.60. The van der Waals surface area contributed by atoms with Crippen LogP contribution < -0.4 is 10.5 Å². The average Bonchev–Trinajstić information content (AvgIpc) is 2.92. The van der Waals surface area contributed by atoms with Crippen molar-refractivity contribution in [2.24, 2.45) is 0 Å². The van der Waals surface area contributed by atoms with Crippen LogP contribution in [0.4, 0.5) is 10.2 Å². The van der Waals surface area contributed by atoms with E-state index in [9.17, 15) is 4.39 Å². The molecule has 22 heavy (non-hydrogen) atoms. The SMILES string of the molecule is COc1ccc(-n2nnc(-c3ccc(F)c(C)c3)c2N)cc1. The Kier molecular flexibility index (Phi) is 3.50. The van der Waals surface area contributed by atoms with Crippen LogP contribution in [0.2, 0.25) is 0 Å². The fourth-order valence-corrected chi connectivity index (χ4v) is 2.20. The van der Waals surface area contributed by atoms with Gasteiger partial charge in [-0.05, 0) is 55.0 Å². The van der Waals surface area contributed by atoms with Gasteiger partial charge in [-0.25, -0.2) is 4.39 Å². The molecule has 0 saturated heterocycles. The number of nitrogens with two attached hydrogens (primary N) is 1. The van der Waals surface area contributed by atoms with Crippen molar-refractivity contribution in [1.82, 2.24) is 15.0 Å². The number of aromatic nitrogens is 3. The van der Waals surface area contributed by atoms with Gasteiger partial charge in [-0.1, -0.05) is 5.21 Å². The second kappa shape index (κ2) is 5.48. The van der Waals surface area contributed by atoms with Gasteiger partial charge < -0.3 is 10.5 Å². The third kappa shape index (κ3) is 2.39. The van der Waals surface area contributed by atoms with E-state index < -0.39 is 0 Å². The number of rotatable bonds is 3. The minimum Gasteiger partial charge on any atom is -0.497 e. The lowest BCUT2D eigenvalue weighted by molar-refractivity contribution is 0.414. The van der Waals surface area contributed by atoms with Gasteiger partial charge in [0.2, 0.25) is 0 Å². The van der Waals surface area contributed by atoms with Crippen molar-refractivity contribution < 1.29 is 9.13 Å². The van der Waals surface area contributed by atoms with E-state index in [2.05, 4.69) is 10.3 Å². The molecular formula is C16H15FN4O. The summed E-state index contributed by atoms with van der Waals surface area (Å²) in [5.74, 6) is 0.887. The molecule has 0 unspecified atom stereocenters. The molecule has 3 rings (SSSR count). The number of hydrogen-bond donors (Lipinski definition) is 1. The molecule has 0 aliphatic heterocycles. The van der Waals surface area contributed by atoms with Gasteiger partial charge in [0, 0.05) is 5.56 Å². The normalized spacial score (nSPS) is 10.7. The van der Waals surface area contributed by atoms with Crippen LogP contribution in [0.5, 0.6) is 5.75 Å². The zero-order chi connectivity index (χ0) is 15.7. The van der Waals surface area contributed by atoms with Crippen molar-refractivity contribution in [1.29, 1.82) is 0 Å². The first kappa shape index (κ1) is 14.1. The van der Waals surface area contributed by atoms with Crippen LogP contribution in [0.25, 0.3) is 16.9 Å². The molecule has 2 N–H and O–H groups in total. The Morgan fingerprint density at radius 2 is 1.86 bits per heavy atom. The van der Waals surface area contributed by atoms with Crippen molar-refractivity contribution in [3.05, 3.63) is 53.8 Å². The molecule has 6 heteroatoms. The first-order valence-corrected chi connectivity index (χ1v) is 6.72. The average molecular weight is 298 g/mol. The molecule has 5 nitrogen and oxygen atoms in total. The van der Waals surface area contributed by atoms with Crippen molar-refractivity contribution in [3.63, 3.8) is 0 Å². The standard InChI is InChI=1S/C16H15FN4O/c1-10-9-11(3-8-14(10)17)15-16(18)21(20-19-15)12-4-6-13(22-2)7-5-12/h3-9H,18H2,1-2H3. The smallest absolute Gasteiger partial charge is 0.155 e. The number of methoxy groups -OCH3 is 1. The Morgan fingerprint density at radius 3 is 2.50 bits per heavy atom. The van der Waals surface area contributed by atoms with Crippen molar-refractivity contribution >= 4 is 5.82 Å². The third-order valence-electron chi connectivity index (χ3n) is 3.45. The lowest BCUT2D eigenvalue weighted by atomic mass is 10.1. The summed E-state index contributed by atoms with van der Waals surface area (Å²) >= 11 is 0. The molecule has 1 heterocycles. The molecule has 2 aromatic carbocycles. The van der Waals surface area contributed by atoms with Gasteiger partial charge in [0.05, 0.1) is 12.8 Å². The summed E-state index contributed by atoms with van der Waals surface area (Å²) < 4.78 is 20.0. The van der Waals surface area contributed by atoms with E-state index in [0.29, 0.717) is 17.1 Å². The number of nitrogens with zero attached hydrogens (tertiary/aromatic N) is 3. The molecule has 0 spiro atoms. The Morgan fingerprint density at radius 1 is 1.14 bits per heavy atom. The molecule has 0 atom stereocenters. The molecule has 0 radical (unpaired) electrons. The maximum atomic E-state index is 13.4. The van der Waals surface area contributed by atoms with Crippen molar-refractivity contribution in [3.8, 4) is 22.7 Å². The predicted molar refractivity (Wildman–Crippen MR) is 82.5 cm³/mol. The molecule has 1 aromatic heterocycles. The summed E-state index contributed by atoms with van der Waals surface area (Å²) in [4.78, 5) is 0. The topological polar surface area (TPSA) is 66.0 Å². The molecule has 0 amide bonds. The van der Waals surface area contributed by atoms with E-state index in [0.717, 1.165) is 17.0 Å². The number of halogens is 1. The van der Waals surface area contributed by atoms with Crippen LogP contribution in [0.15, 0.2) is 42.5 Å². The summed E-state index contributed by atoms with van der Waals surface area (Å²) in [5, 5.41) is 8.19. The van der Waals surface area contributed by atoms with E-state index in [1.54, 1.807) is 26.2 Å². The highest BCUT2D eigenvalue weighted by molar-refractivity contribution is 5.71. The lowest BCUT2D eigenvalue weighted by Crippen LogP contribution is -2.02. The second-order valence-corrected chi connectivity index (χ2v) is 4.90. The van der Waals surface area contributed by atoms with Crippen molar-refractivity contribution in [2.45, 2.75) is 6.92 Å². The summed E-state index contributed by atoms with van der Waals surface area (Å²) in [6.45, 7) is 1.70. The number of nitrogen functional groups attached to an aromatic ring is 1. The van der Waals surface area contributed by atoms with E-state index >= 15 is 0 Å². The highest BCUT2D eigenvalue weighted by Gasteiger charge is 2.14. The minimum absolute atomic E-state index is 0.259. The minimum atomic E-state index is -0.259. The zero-order valence-electron chi connectivity index (χ0n) is 12.2. The fourth-order valence-electron chi connectivity index (χ4n) is 2.20. The van der Waals surface area contributed by atoms with Crippen LogP contribution >= 0.6 is 0 Å². The van der Waals surface area contributed by atoms with Crippen LogP contribution in [-0.2, 0) is 0 Å². The van der Waals surface area contributed by atoms with Gasteiger partial charge in [0.1, 0.15) is 17.3 Å². The van der Waals surface area contributed by atoms with Crippen LogP contribution in [0.3, 0.4) is 0 Å². The first-order chi connectivity index (χ1) is 10.6. The molecule has 3 aromatic rings. The van der Waals surface area contributed by atoms with Gasteiger partial charge in [-0.2, -0.15) is 4.68 Å². The van der Waals surface area contributed by atoms with Gasteiger partial charge in [-0.15, -0.1) is 5.10 Å². The largest absolute Gasteiger partial charge is 0.497 e. The second-order valence-electron chi connectivity index (χ2n) is 4.90. The Bertz CT molecular complexity index is 812. The number of aryl methyl sites for hydroxylation is 1. The fraction of sp³-hybridized carbons (Fsp3) is 0.125. The van der Waals surface area contributed by atoms with Crippen LogP contribution in [0.1, 0.15) is 5.56 Å². The Balaban J connectivity index is 2.02. The van der Waals surface area contributed by atoms with E-state index in [1.165, 1.54) is 10.7 Å². The Hall–Kier alpha value is -2.89. The molecule has 0 fully saturated rings. The predicted octanol–water partition coefficient (Wildman–Crippen LogP) is 2.97. The van der Waals surface area contributed by atoms with Gasteiger partial charge in [0.25, 0.3) is 0 Å². The quantitative estimate of drug-likeness (QED) is 0.807. The molecule has 0 aliphatic carbocycles. The highest BCUT2D eigenvalue weighted by Crippen LogP contribution is 2.27. The number of benzene rings is 2. The molecule has 112 valence electrons. The maximum absolute atomic E-state index is 13.4. The zero-order valence-corrected chi connectivity index (χ0v) is 12.2. The lowest BCUT2D eigenvalue weighted by Gasteiger charge is -2.05. The number of hydrogen-bond acceptors (Lipinski definition) is 4. The molecule has 0 saturated carbocycles. The summed E-state index contributed by atoms with van der Waals surface area (Å²) in [6.07, 6.45) is 0. The van der Waals surface area contributed by atoms with Crippen LogP contribution in [0, 0.1) is 12.7 Å². The third-order valence-corrected chi connectivity index (χ3v) is 3.45. The van der Waals surface area contributed by atoms with Gasteiger partial charge in [-0.3, -0.25) is 0 Å². The van der Waals surface area contributed by atoms with E-state index in [1.807, 2.05) is 24.3 Å². The van der Waals surface area contributed by atoms with Crippen molar-refractivity contribution in [2.75, 3.05) is 12.8 Å². The van der Waals surface area contributed by atoms with E-state index in [-0.39, 0.29) is 5.82 Å².